The summed E-state index contributed by atoms with van der Waals surface area (Å²) in [5, 5.41) is 8.20. The third-order valence-electron chi connectivity index (χ3n) is 0.667. The molecule has 3 nitrogen and oxygen atoms in total. The third-order valence-corrected chi connectivity index (χ3v) is 0.667. The van der Waals surface area contributed by atoms with Crippen molar-refractivity contribution in [3.8, 4) is 0 Å². The Labute approximate surface area is 62.3 Å². The number of hydrogen-bond donors (Lipinski definition) is 1. The molecular weight excluding hydrogens is 132 g/mol. The molecule has 0 unspecified atom stereocenters. The van der Waals surface area contributed by atoms with Gasteiger partial charge in [0.05, 0.1) is 26.4 Å². The molecule has 0 atom stereocenters. The maximum Gasteiger partial charge on any atom is 0.0701 e. The summed E-state index contributed by atoms with van der Waals surface area (Å²) in [6, 6.07) is 0. The fraction of sp³-hybridized carbons (Fsp3) is 0.714. The minimum atomic E-state index is 0.0870. The second kappa shape index (κ2) is 15.8. The van der Waals surface area contributed by atoms with E-state index in [1.807, 2.05) is 0 Å². The third kappa shape index (κ3) is 15.6. The van der Waals surface area contributed by atoms with E-state index in [4.69, 9.17) is 9.84 Å². The molecule has 1 N–H and O–H groups in total. The average Bonchev–Trinajstić information content (AvgIpc) is 2.02. The van der Waals surface area contributed by atoms with Crippen LogP contribution in [0.2, 0.25) is 0 Å². The first-order valence-electron chi connectivity index (χ1n) is 3.09. The van der Waals surface area contributed by atoms with E-state index in [2.05, 4.69) is 17.9 Å². The van der Waals surface area contributed by atoms with Crippen LogP contribution >= 0.6 is 0 Å². The predicted octanol–water partition coefficient (Wildman–Crippen LogP) is 0.444. The van der Waals surface area contributed by atoms with Crippen LogP contribution in [0.3, 0.4) is 0 Å². The molecule has 10 heavy (non-hydrogen) atoms. The first-order valence-corrected chi connectivity index (χ1v) is 3.09. The minimum Gasteiger partial charge on any atom is -0.394 e. The first-order chi connectivity index (χ1) is 4.91. The van der Waals surface area contributed by atoms with Crippen LogP contribution in [0.15, 0.2) is 13.2 Å². The number of ether oxygens (including phenoxy) is 2. The van der Waals surface area contributed by atoms with Gasteiger partial charge in [0, 0.05) is 7.11 Å². The van der Waals surface area contributed by atoms with Gasteiger partial charge in [-0.25, -0.2) is 0 Å². The van der Waals surface area contributed by atoms with Crippen molar-refractivity contribution < 1.29 is 14.6 Å². The van der Waals surface area contributed by atoms with Gasteiger partial charge >= 0.3 is 0 Å². The van der Waals surface area contributed by atoms with Crippen molar-refractivity contribution >= 4 is 0 Å². The molecule has 0 rings (SSSR count). The molecule has 62 valence electrons. The molecule has 0 aliphatic heterocycles. The van der Waals surface area contributed by atoms with Crippen LogP contribution in [0.5, 0.6) is 0 Å². The number of rotatable bonds is 5. The zero-order valence-corrected chi connectivity index (χ0v) is 6.51. The average molecular weight is 148 g/mol. The van der Waals surface area contributed by atoms with Crippen molar-refractivity contribution in [3.63, 3.8) is 0 Å². The number of hydrogen-bond acceptors (Lipinski definition) is 3. The molecule has 0 radical (unpaired) electrons. The summed E-state index contributed by atoms with van der Waals surface area (Å²) in [5.41, 5.74) is 0. The van der Waals surface area contributed by atoms with E-state index < -0.39 is 0 Å². The van der Waals surface area contributed by atoms with Crippen LogP contribution in [0.1, 0.15) is 0 Å². The van der Waals surface area contributed by atoms with Gasteiger partial charge in [-0.05, 0) is 0 Å². The summed E-state index contributed by atoms with van der Waals surface area (Å²) < 4.78 is 9.53. The second-order valence-corrected chi connectivity index (χ2v) is 1.33. The normalized spacial score (nSPS) is 8.20. The van der Waals surface area contributed by atoms with Crippen LogP contribution in [-0.4, -0.2) is 38.6 Å². The Hall–Kier alpha value is -0.380. The van der Waals surface area contributed by atoms with Crippen LogP contribution in [0.25, 0.3) is 0 Å². The van der Waals surface area contributed by atoms with E-state index in [0.717, 1.165) is 0 Å². The second-order valence-electron chi connectivity index (χ2n) is 1.33. The van der Waals surface area contributed by atoms with Gasteiger partial charge in [0.2, 0.25) is 0 Å². The SMILES string of the molecule is C=C.COCCOCCO. The molecule has 0 heterocycles. The molecule has 0 aromatic carbocycles. The quantitative estimate of drug-likeness (QED) is 0.454. The summed E-state index contributed by atoms with van der Waals surface area (Å²) in [6.07, 6.45) is 0. The number of methoxy groups -OCH3 is 1. The minimum absolute atomic E-state index is 0.0870. The van der Waals surface area contributed by atoms with Crippen molar-refractivity contribution in [1.82, 2.24) is 0 Å². The smallest absolute Gasteiger partial charge is 0.0701 e. The Bertz CT molecular complexity index is 42.1. The van der Waals surface area contributed by atoms with Gasteiger partial charge in [-0.15, -0.1) is 13.2 Å². The van der Waals surface area contributed by atoms with Gasteiger partial charge in [-0.2, -0.15) is 0 Å². The molecule has 0 bridgehead atoms. The van der Waals surface area contributed by atoms with Crippen LogP contribution < -0.4 is 0 Å². The highest BCUT2D eigenvalue weighted by atomic mass is 16.5. The van der Waals surface area contributed by atoms with Crippen molar-refractivity contribution in [2.45, 2.75) is 0 Å². The lowest BCUT2D eigenvalue weighted by Crippen LogP contribution is -2.05. The van der Waals surface area contributed by atoms with Crippen molar-refractivity contribution in [2.75, 3.05) is 33.5 Å². The van der Waals surface area contributed by atoms with E-state index in [-0.39, 0.29) is 6.61 Å². The maximum absolute atomic E-state index is 8.20. The summed E-state index contributed by atoms with van der Waals surface area (Å²) in [7, 11) is 1.61. The Morgan fingerprint density at radius 3 is 2.20 bits per heavy atom. The monoisotopic (exact) mass is 148 g/mol. The lowest BCUT2D eigenvalue weighted by molar-refractivity contribution is 0.0500. The van der Waals surface area contributed by atoms with Crippen LogP contribution in [0.4, 0.5) is 0 Å². The lowest BCUT2D eigenvalue weighted by atomic mass is 10.7. The van der Waals surface area contributed by atoms with E-state index in [1.165, 1.54) is 0 Å². The predicted molar refractivity (Wildman–Crippen MR) is 41.0 cm³/mol. The first kappa shape index (κ1) is 12.3. The Balaban J connectivity index is 0. The fourth-order valence-corrected chi connectivity index (χ4v) is 0.309. The maximum atomic E-state index is 8.20. The van der Waals surface area contributed by atoms with Crippen molar-refractivity contribution in [3.05, 3.63) is 13.2 Å². The molecule has 0 fully saturated rings. The molecule has 3 heteroatoms. The van der Waals surface area contributed by atoms with E-state index in [1.54, 1.807) is 7.11 Å². The zero-order chi connectivity index (χ0) is 8.24. The number of aliphatic hydroxyl groups excluding tert-OH is 1. The highest BCUT2D eigenvalue weighted by Gasteiger charge is 1.82. The zero-order valence-electron chi connectivity index (χ0n) is 6.51. The summed E-state index contributed by atoms with van der Waals surface area (Å²) in [5.74, 6) is 0. The molecule has 0 aliphatic carbocycles. The summed E-state index contributed by atoms with van der Waals surface area (Å²) >= 11 is 0. The largest absolute Gasteiger partial charge is 0.394 e. The highest BCUT2D eigenvalue weighted by molar-refractivity contribution is 4.26. The summed E-state index contributed by atoms with van der Waals surface area (Å²) in [4.78, 5) is 0. The van der Waals surface area contributed by atoms with E-state index in [0.29, 0.717) is 19.8 Å². The highest BCUT2D eigenvalue weighted by Crippen LogP contribution is 1.72. The summed E-state index contributed by atoms with van der Waals surface area (Å²) in [6.45, 7) is 7.66. The molecule has 0 spiro atoms. The van der Waals surface area contributed by atoms with Gasteiger partial charge < -0.3 is 14.6 Å². The van der Waals surface area contributed by atoms with Gasteiger partial charge in [0.1, 0.15) is 0 Å². The van der Waals surface area contributed by atoms with Crippen molar-refractivity contribution in [1.29, 1.82) is 0 Å². The van der Waals surface area contributed by atoms with Crippen LogP contribution in [-0.2, 0) is 9.47 Å². The number of aliphatic hydroxyl groups is 1. The topological polar surface area (TPSA) is 38.7 Å². The Morgan fingerprint density at radius 2 is 1.80 bits per heavy atom. The molecule has 0 aromatic heterocycles. The van der Waals surface area contributed by atoms with Crippen molar-refractivity contribution in [2.24, 2.45) is 0 Å². The van der Waals surface area contributed by atoms with Crippen LogP contribution in [0, 0.1) is 0 Å². The fourth-order valence-electron chi connectivity index (χ4n) is 0.309. The lowest BCUT2D eigenvalue weighted by Gasteiger charge is -1.98. The molecular formula is C7H16O3. The molecule has 0 aromatic rings. The molecule has 0 saturated carbocycles. The van der Waals surface area contributed by atoms with Gasteiger partial charge in [-0.3, -0.25) is 0 Å². The van der Waals surface area contributed by atoms with Gasteiger partial charge in [0.15, 0.2) is 0 Å². The van der Waals surface area contributed by atoms with Gasteiger partial charge in [-0.1, -0.05) is 0 Å². The Morgan fingerprint density at radius 1 is 1.20 bits per heavy atom. The Kier molecular flexibility index (Phi) is 19.5. The van der Waals surface area contributed by atoms with E-state index in [9.17, 15) is 0 Å². The van der Waals surface area contributed by atoms with Gasteiger partial charge in [0.25, 0.3) is 0 Å². The molecule has 0 saturated heterocycles. The van der Waals surface area contributed by atoms with E-state index >= 15 is 0 Å². The molecule has 0 amide bonds. The standard InChI is InChI=1S/C5H12O3.C2H4/c1-7-4-5-8-3-2-6;1-2/h6H,2-5H2,1H3;1-2H2. The molecule has 0 aliphatic rings.